The molecule has 0 aliphatic carbocycles. The third kappa shape index (κ3) is 3.23. The van der Waals surface area contributed by atoms with Gasteiger partial charge in [0.25, 0.3) is 0 Å². The second kappa shape index (κ2) is 4.68. The first-order chi connectivity index (χ1) is 8.11. The van der Waals surface area contributed by atoms with E-state index in [1.807, 2.05) is 0 Å². The maximum Gasteiger partial charge on any atom is 0.336 e. The molecule has 2 N–H and O–H groups in total. The van der Waals surface area contributed by atoms with Gasteiger partial charge < -0.3 is 14.9 Å². The van der Waals surface area contributed by atoms with Crippen molar-refractivity contribution in [3.05, 3.63) is 28.8 Å². The Labute approximate surface area is 105 Å². The van der Waals surface area contributed by atoms with Crippen LogP contribution in [0.25, 0.3) is 0 Å². The molecule has 0 atom stereocenters. The van der Waals surface area contributed by atoms with Crippen molar-refractivity contribution in [1.82, 2.24) is 0 Å². The van der Waals surface area contributed by atoms with Crippen molar-refractivity contribution in [2.45, 2.75) is 33.3 Å². The molecule has 0 fully saturated rings. The summed E-state index contributed by atoms with van der Waals surface area (Å²) >= 11 is 0. The van der Waals surface area contributed by atoms with Gasteiger partial charge in [-0.15, -0.1) is 0 Å². The topological polar surface area (TPSA) is 83.8 Å². The normalized spacial score (nSPS) is 11.1. The summed E-state index contributed by atoms with van der Waals surface area (Å²) in [7, 11) is 0. The van der Waals surface area contributed by atoms with Crippen molar-refractivity contribution in [3.8, 4) is 5.75 Å². The minimum Gasteiger partial charge on any atom is -0.488 e. The Hall–Kier alpha value is -2.04. The molecule has 0 saturated heterocycles. The van der Waals surface area contributed by atoms with Crippen LogP contribution in [0.1, 0.15) is 47.1 Å². The minimum absolute atomic E-state index is 0.0610. The SMILES string of the molecule is Cc1c(C(=O)O)cc(OC(C)(C)C)cc1C(=O)O. The second-order valence-electron chi connectivity index (χ2n) is 4.97. The lowest BCUT2D eigenvalue weighted by atomic mass is 10.0. The van der Waals surface area contributed by atoms with E-state index < -0.39 is 17.5 Å². The maximum atomic E-state index is 11.1. The first kappa shape index (κ1) is 14.0. The summed E-state index contributed by atoms with van der Waals surface area (Å²) in [6.07, 6.45) is 0. The van der Waals surface area contributed by atoms with E-state index in [-0.39, 0.29) is 22.4 Å². The van der Waals surface area contributed by atoms with E-state index in [0.29, 0.717) is 0 Å². The molecule has 5 heteroatoms. The fourth-order valence-corrected chi connectivity index (χ4v) is 1.54. The molecule has 0 radical (unpaired) electrons. The Kier molecular flexibility index (Phi) is 3.65. The highest BCUT2D eigenvalue weighted by molar-refractivity contribution is 5.97. The number of carboxylic acid groups (broad SMARTS) is 2. The molecule has 1 aromatic carbocycles. The third-order valence-electron chi connectivity index (χ3n) is 2.27. The fraction of sp³-hybridized carbons (Fsp3) is 0.385. The smallest absolute Gasteiger partial charge is 0.336 e. The Morgan fingerprint density at radius 3 is 1.72 bits per heavy atom. The summed E-state index contributed by atoms with van der Waals surface area (Å²) in [6, 6.07) is 2.69. The zero-order valence-corrected chi connectivity index (χ0v) is 10.8. The average molecular weight is 252 g/mol. The van der Waals surface area contributed by atoms with E-state index in [0.717, 1.165) is 0 Å². The standard InChI is InChI=1S/C13H16O5/c1-7-9(11(14)15)5-8(18-13(2,3)4)6-10(7)12(16)17/h5-6H,1-4H3,(H,14,15)(H,16,17). The van der Waals surface area contributed by atoms with Gasteiger partial charge in [0.15, 0.2) is 0 Å². The third-order valence-corrected chi connectivity index (χ3v) is 2.27. The highest BCUT2D eigenvalue weighted by Crippen LogP contribution is 2.25. The molecular formula is C13H16O5. The summed E-state index contributed by atoms with van der Waals surface area (Å²) in [5, 5.41) is 18.1. The second-order valence-corrected chi connectivity index (χ2v) is 4.97. The first-order valence-electron chi connectivity index (χ1n) is 5.42. The van der Waals surface area contributed by atoms with Gasteiger partial charge in [0.1, 0.15) is 11.4 Å². The Balaban J connectivity index is 3.38. The van der Waals surface area contributed by atoms with Crippen LogP contribution in [0.5, 0.6) is 5.75 Å². The van der Waals surface area contributed by atoms with E-state index >= 15 is 0 Å². The zero-order valence-electron chi connectivity index (χ0n) is 10.8. The molecule has 0 spiro atoms. The quantitative estimate of drug-likeness (QED) is 0.863. The summed E-state index contributed by atoms with van der Waals surface area (Å²) < 4.78 is 5.51. The van der Waals surface area contributed by atoms with Gasteiger partial charge >= 0.3 is 11.9 Å². The van der Waals surface area contributed by atoms with Crippen molar-refractivity contribution in [1.29, 1.82) is 0 Å². The van der Waals surface area contributed by atoms with Gasteiger partial charge in [0.05, 0.1) is 11.1 Å². The summed E-state index contributed by atoms with van der Waals surface area (Å²) in [5.74, 6) is -2.10. The van der Waals surface area contributed by atoms with Crippen LogP contribution >= 0.6 is 0 Å². The van der Waals surface area contributed by atoms with Crippen LogP contribution in [-0.4, -0.2) is 27.8 Å². The lowest BCUT2D eigenvalue weighted by Gasteiger charge is -2.22. The highest BCUT2D eigenvalue weighted by Gasteiger charge is 2.20. The van der Waals surface area contributed by atoms with Crippen molar-refractivity contribution >= 4 is 11.9 Å². The Morgan fingerprint density at radius 2 is 1.44 bits per heavy atom. The number of hydrogen-bond acceptors (Lipinski definition) is 3. The van der Waals surface area contributed by atoms with Crippen LogP contribution in [0.4, 0.5) is 0 Å². The molecule has 0 unspecified atom stereocenters. The molecule has 0 amide bonds. The molecule has 0 saturated carbocycles. The molecule has 0 aliphatic rings. The van der Waals surface area contributed by atoms with Gasteiger partial charge in [-0.1, -0.05) is 0 Å². The molecule has 1 rings (SSSR count). The predicted molar refractivity (Wildman–Crippen MR) is 65.5 cm³/mol. The average Bonchev–Trinajstić information content (AvgIpc) is 2.17. The molecular weight excluding hydrogens is 236 g/mol. The molecule has 0 aromatic heterocycles. The van der Waals surface area contributed by atoms with E-state index in [2.05, 4.69) is 0 Å². The largest absolute Gasteiger partial charge is 0.488 e. The van der Waals surface area contributed by atoms with Crippen molar-refractivity contribution in [3.63, 3.8) is 0 Å². The summed E-state index contributed by atoms with van der Waals surface area (Å²) in [5.41, 5.74) is -0.430. The van der Waals surface area contributed by atoms with Crippen molar-refractivity contribution in [2.24, 2.45) is 0 Å². The van der Waals surface area contributed by atoms with Crippen LogP contribution in [0.2, 0.25) is 0 Å². The highest BCUT2D eigenvalue weighted by atomic mass is 16.5. The summed E-state index contributed by atoms with van der Waals surface area (Å²) in [6.45, 7) is 6.86. The number of ether oxygens (including phenoxy) is 1. The number of benzene rings is 1. The molecule has 18 heavy (non-hydrogen) atoms. The lowest BCUT2D eigenvalue weighted by molar-refractivity contribution is 0.0691. The van der Waals surface area contributed by atoms with Gasteiger partial charge in [0.2, 0.25) is 0 Å². The molecule has 98 valence electrons. The molecule has 0 heterocycles. The van der Waals surface area contributed by atoms with Gasteiger partial charge in [-0.25, -0.2) is 9.59 Å². The van der Waals surface area contributed by atoms with E-state index in [1.165, 1.54) is 19.1 Å². The Bertz CT molecular complexity index is 462. The van der Waals surface area contributed by atoms with Crippen molar-refractivity contribution < 1.29 is 24.5 Å². The van der Waals surface area contributed by atoms with Gasteiger partial charge in [-0.2, -0.15) is 0 Å². The van der Waals surface area contributed by atoms with Crippen LogP contribution in [0, 0.1) is 6.92 Å². The van der Waals surface area contributed by atoms with Crippen LogP contribution < -0.4 is 4.74 Å². The van der Waals surface area contributed by atoms with Gasteiger partial charge in [-0.05, 0) is 45.4 Å². The van der Waals surface area contributed by atoms with Gasteiger partial charge in [0, 0.05) is 0 Å². The Morgan fingerprint density at radius 1 is 1.06 bits per heavy atom. The minimum atomic E-state index is -1.17. The lowest BCUT2D eigenvalue weighted by Crippen LogP contribution is -2.23. The monoisotopic (exact) mass is 252 g/mol. The zero-order chi connectivity index (χ0) is 14.1. The van der Waals surface area contributed by atoms with E-state index in [4.69, 9.17) is 14.9 Å². The van der Waals surface area contributed by atoms with Crippen LogP contribution in [-0.2, 0) is 0 Å². The molecule has 1 aromatic rings. The number of aromatic carboxylic acids is 2. The van der Waals surface area contributed by atoms with Crippen LogP contribution in [0.3, 0.4) is 0 Å². The first-order valence-corrected chi connectivity index (χ1v) is 5.42. The number of carbonyl (C=O) groups is 2. The maximum absolute atomic E-state index is 11.1. The predicted octanol–water partition coefficient (Wildman–Crippen LogP) is 2.57. The fourth-order valence-electron chi connectivity index (χ4n) is 1.54. The number of hydrogen-bond donors (Lipinski definition) is 2. The molecule has 0 aliphatic heterocycles. The summed E-state index contributed by atoms with van der Waals surface area (Å²) in [4.78, 5) is 22.1. The van der Waals surface area contributed by atoms with Crippen LogP contribution in [0.15, 0.2) is 12.1 Å². The van der Waals surface area contributed by atoms with Crippen molar-refractivity contribution in [2.75, 3.05) is 0 Å². The number of carboxylic acids is 2. The molecule has 5 nitrogen and oxygen atoms in total. The van der Waals surface area contributed by atoms with E-state index in [9.17, 15) is 9.59 Å². The molecule has 0 bridgehead atoms. The van der Waals surface area contributed by atoms with Gasteiger partial charge in [-0.3, -0.25) is 0 Å². The van der Waals surface area contributed by atoms with E-state index in [1.54, 1.807) is 20.8 Å². The number of rotatable bonds is 3.